The maximum Gasteiger partial charge on any atom is 0.307 e. The topological polar surface area (TPSA) is 81.1 Å². The molecule has 1 saturated carbocycles. The summed E-state index contributed by atoms with van der Waals surface area (Å²) < 4.78 is 30.7. The molecule has 3 aliphatic rings. The van der Waals surface area contributed by atoms with Crippen LogP contribution in [0.5, 0.6) is 5.75 Å². The van der Waals surface area contributed by atoms with Gasteiger partial charge in [0.2, 0.25) is 0 Å². The fraction of sp³-hybridized carbons (Fsp3) is 0.471. The van der Waals surface area contributed by atoms with E-state index in [1.165, 1.54) is 31.4 Å². The van der Waals surface area contributed by atoms with E-state index in [0.29, 0.717) is 38.3 Å². The Hall–Kier alpha value is -3.49. The van der Waals surface area contributed by atoms with Crippen LogP contribution in [-0.4, -0.2) is 55.1 Å². The Morgan fingerprint density at radius 3 is 2.38 bits per heavy atom. The van der Waals surface area contributed by atoms with Crippen LogP contribution in [0.4, 0.5) is 10.1 Å². The Bertz CT molecular complexity index is 1390. The Morgan fingerprint density at radius 1 is 1.07 bits per heavy atom. The van der Waals surface area contributed by atoms with Crippen molar-refractivity contribution in [3.63, 3.8) is 0 Å². The third-order valence-corrected chi connectivity index (χ3v) is 9.21. The van der Waals surface area contributed by atoms with Gasteiger partial charge in [-0.05, 0) is 73.4 Å². The van der Waals surface area contributed by atoms with Crippen molar-refractivity contribution in [2.24, 2.45) is 5.41 Å². The van der Waals surface area contributed by atoms with Crippen molar-refractivity contribution in [1.82, 2.24) is 4.98 Å². The lowest BCUT2D eigenvalue weighted by molar-refractivity contribution is -0.136. The van der Waals surface area contributed by atoms with E-state index in [1.54, 1.807) is 12.1 Å². The lowest BCUT2D eigenvalue weighted by atomic mass is 9.63. The van der Waals surface area contributed by atoms with Crippen LogP contribution in [0.3, 0.4) is 0 Å². The molecule has 2 aliphatic heterocycles. The summed E-state index contributed by atoms with van der Waals surface area (Å²) in [7, 11) is 0. The molecule has 42 heavy (non-hydrogen) atoms. The van der Waals surface area contributed by atoms with E-state index >= 15 is 0 Å². The second kappa shape index (κ2) is 12.4. The van der Waals surface area contributed by atoms with Crippen LogP contribution >= 0.6 is 0 Å². The molecule has 2 saturated heterocycles. The molecule has 8 heteroatoms. The largest absolute Gasteiger partial charge is 0.493 e. The SMILES string of the molecule is Cc1nc(COC2COC2)c(-c2ccc(OCCc3ccc(F)cc3)cc2)c(N2CCC3(CCC3)CC2)c1CC(=O)O. The Labute approximate surface area is 246 Å². The van der Waals surface area contributed by atoms with Gasteiger partial charge in [0.1, 0.15) is 17.7 Å². The summed E-state index contributed by atoms with van der Waals surface area (Å²) in [5, 5.41) is 9.89. The number of ether oxygens (including phenoxy) is 3. The van der Waals surface area contributed by atoms with Crippen LogP contribution in [-0.2, 0) is 33.7 Å². The summed E-state index contributed by atoms with van der Waals surface area (Å²) in [5.41, 5.74) is 6.70. The number of aryl methyl sites for hydroxylation is 1. The van der Waals surface area contributed by atoms with E-state index in [9.17, 15) is 14.3 Å². The Morgan fingerprint density at radius 2 is 1.79 bits per heavy atom. The molecule has 1 N–H and O–H groups in total. The first-order chi connectivity index (χ1) is 20.4. The van der Waals surface area contributed by atoms with Crippen molar-refractivity contribution in [3.05, 3.63) is 76.9 Å². The van der Waals surface area contributed by atoms with Gasteiger partial charge in [0, 0.05) is 36.3 Å². The van der Waals surface area contributed by atoms with E-state index in [1.807, 2.05) is 31.2 Å². The van der Waals surface area contributed by atoms with Crippen molar-refractivity contribution in [3.8, 4) is 16.9 Å². The highest BCUT2D eigenvalue weighted by Gasteiger charge is 2.40. The molecule has 222 valence electrons. The van der Waals surface area contributed by atoms with Crippen LogP contribution in [0.15, 0.2) is 48.5 Å². The molecule has 0 atom stereocenters. The number of carboxylic acid groups (broad SMARTS) is 1. The van der Waals surface area contributed by atoms with E-state index < -0.39 is 5.97 Å². The van der Waals surface area contributed by atoms with Gasteiger partial charge >= 0.3 is 5.97 Å². The highest BCUT2D eigenvalue weighted by molar-refractivity contribution is 5.86. The molecule has 0 bridgehead atoms. The molecule has 2 aromatic carbocycles. The summed E-state index contributed by atoms with van der Waals surface area (Å²) in [4.78, 5) is 19.4. The molecule has 3 heterocycles. The van der Waals surface area contributed by atoms with E-state index in [-0.39, 0.29) is 18.3 Å². The molecule has 1 aliphatic carbocycles. The number of hydrogen-bond donors (Lipinski definition) is 1. The molecule has 0 radical (unpaired) electrons. The number of anilines is 1. The average Bonchev–Trinajstić information content (AvgIpc) is 2.94. The first-order valence-electron chi connectivity index (χ1n) is 15.1. The predicted molar refractivity (Wildman–Crippen MR) is 158 cm³/mol. The number of aliphatic carboxylic acids is 1. The number of benzene rings is 2. The van der Waals surface area contributed by atoms with Crippen LogP contribution in [0.2, 0.25) is 0 Å². The molecule has 0 amide bonds. The number of halogens is 1. The van der Waals surface area contributed by atoms with Crippen LogP contribution < -0.4 is 9.64 Å². The minimum atomic E-state index is -0.861. The summed E-state index contributed by atoms with van der Waals surface area (Å²) in [6.07, 6.45) is 6.83. The molecule has 1 aromatic heterocycles. The molecule has 3 aromatic rings. The lowest BCUT2D eigenvalue weighted by Crippen LogP contribution is -2.44. The van der Waals surface area contributed by atoms with E-state index in [4.69, 9.17) is 19.2 Å². The smallest absolute Gasteiger partial charge is 0.307 e. The third-order valence-electron chi connectivity index (χ3n) is 9.21. The Kier molecular flexibility index (Phi) is 8.45. The maximum atomic E-state index is 13.2. The lowest BCUT2D eigenvalue weighted by Gasteiger charge is -2.49. The van der Waals surface area contributed by atoms with Gasteiger partial charge in [-0.3, -0.25) is 9.78 Å². The zero-order chi connectivity index (χ0) is 29.1. The van der Waals surface area contributed by atoms with Gasteiger partial charge in [-0.25, -0.2) is 4.39 Å². The molecule has 0 unspecified atom stereocenters. The molecule has 6 rings (SSSR count). The number of rotatable bonds is 11. The second-order valence-electron chi connectivity index (χ2n) is 12.0. The predicted octanol–water partition coefficient (Wildman–Crippen LogP) is 6.13. The molecule has 1 spiro atoms. The molecular weight excluding hydrogens is 535 g/mol. The van der Waals surface area contributed by atoms with Gasteiger partial charge in [-0.2, -0.15) is 0 Å². The van der Waals surface area contributed by atoms with Gasteiger partial charge in [0.15, 0.2) is 0 Å². The van der Waals surface area contributed by atoms with Crippen LogP contribution in [0.1, 0.15) is 54.6 Å². The maximum absolute atomic E-state index is 13.2. The van der Waals surface area contributed by atoms with Gasteiger partial charge in [-0.15, -0.1) is 0 Å². The number of carboxylic acids is 1. The highest BCUT2D eigenvalue weighted by atomic mass is 19.1. The highest BCUT2D eigenvalue weighted by Crippen LogP contribution is 2.50. The number of nitrogens with zero attached hydrogens (tertiary/aromatic N) is 2. The van der Waals surface area contributed by atoms with Crippen molar-refractivity contribution in [2.45, 2.75) is 64.6 Å². The normalized spacial score (nSPS) is 18.0. The van der Waals surface area contributed by atoms with Crippen molar-refractivity contribution in [2.75, 3.05) is 37.8 Å². The van der Waals surface area contributed by atoms with E-state index in [2.05, 4.69) is 4.90 Å². The van der Waals surface area contributed by atoms with Gasteiger partial charge < -0.3 is 24.2 Å². The number of carbonyl (C=O) groups is 1. The average molecular weight is 575 g/mol. The zero-order valence-electron chi connectivity index (χ0n) is 24.2. The first-order valence-corrected chi connectivity index (χ1v) is 15.1. The minimum Gasteiger partial charge on any atom is -0.493 e. The fourth-order valence-electron chi connectivity index (χ4n) is 6.45. The minimum absolute atomic E-state index is 0.0486. The monoisotopic (exact) mass is 574 g/mol. The summed E-state index contributed by atoms with van der Waals surface area (Å²) in [6.45, 7) is 5.69. The number of pyridine rings is 1. The van der Waals surface area contributed by atoms with Gasteiger partial charge in [0.25, 0.3) is 0 Å². The first kappa shape index (κ1) is 28.6. The van der Waals surface area contributed by atoms with Gasteiger partial charge in [0.05, 0.1) is 44.2 Å². The fourth-order valence-corrected chi connectivity index (χ4v) is 6.45. The van der Waals surface area contributed by atoms with Crippen molar-refractivity contribution < 1.29 is 28.5 Å². The van der Waals surface area contributed by atoms with Crippen LogP contribution in [0.25, 0.3) is 11.1 Å². The number of piperidine rings is 1. The van der Waals surface area contributed by atoms with Gasteiger partial charge in [-0.1, -0.05) is 30.7 Å². The zero-order valence-corrected chi connectivity index (χ0v) is 24.2. The number of hydrogen-bond acceptors (Lipinski definition) is 6. The van der Waals surface area contributed by atoms with Crippen molar-refractivity contribution in [1.29, 1.82) is 0 Å². The quantitative estimate of drug-likeness (QED) is 0.295. The van der Waals surface area contributed by atoms with E-state index in [0.717, 1.165) is 71.0 Å². The molecular formula is C34H39FN2O5. The molecule has 3 fully saturated rings. The van der Waals surface area contributed by atoms with Crippen LogP contribution in [0, 0.1) is 18.2 Å². The second-order valence-corrected chi connectivity index (χ2v) is 12.0. The summed E-state index contributed by atoms with van der Waals surface area (Å²) >= 11 is 0. The third kappa shape index (κ3) is 6.30. The molecule has 7 nitrogen and oxygen atoms in total. The van der Waals surface area contributed by atoms with Crippen molar-refractivity contribution >= 4 is 11.7 Å². The Balaban J connectivity index is 1.31. The number of aromatic nitrogens is 1. The summed E-state index contributed by atoms with van der Waals surface area (Å²) in [6, 6.07) is 14.4. The summed E-state index contributed by atoms with van der Waals surface area (Å²) in [5.74, 6) is -0.368. The standard InChI is InChI=1S/C34H39FN2O5/c1-23-29(19-31(38)39)33(37-16-14-34(15-17-37)12-2-13-34)32(30(36-23)22-42-28-20-40-21-28)25-5-9-27(10-6-25)41-18-11-24-3-7-26(35)8-4-24/h3-10,28H,2,11-22H2,1H3,(H,38,39).